The van der Waals surface area contributed by atoms with Crippen LogP contribution in [0.3, 0.4) is 0 Å². The van der Waals surface area contributed by atoms with Crippen LogP contribution in [0.1, 0.15) is 60.4 Å². The topological polar surface area (TPSA) is 33.8 Å². The number of benzene rings is 5. The highest BCUT2D eigenvalue weighted by molar-refractivity contribution is 7.20. The van der Waals surface area contributed by atoms with Gasteiger partial charge in [-0.15, -0.1) is 0 Å². The van der Waals surface area contributed by atoms with E-state index in [4.69, 9.17) is 0 Å². The first-order valence-electron chi connectivity index (χ1n) is 19.8. The summed E-state index contributed by atoms with van der Waals surface area (Å²) in [5, 5.41) is 0. The predicted octanol–water partition coefficient (Wildman–Crippen LogP) is 12.8. The third-order valence-corrected chi connectivity index (χ3v) is 10.8. The molecule has 6 aromatic rings. The average molecular weight is 1080 g/mol. The average Bonchev–Trinajstić information content (AvgIpc) is 3.24. The van der Waals surface area contributed by atoms with E-state index in [9.17, 15) is 110 Å². The first-order valence-corrected chi connectivity index (χ1v) is 19.8. The third-order valence-electron chi connectivity index (χ3n) is 10.8. The van der Waals surface area contributed by atoms with Gasteiger partial charge in [-0.1, -0.05) is 72.3 Å². The molecular formula is C45H25BF24N2O. The first-order chi connectivity index (χ1) is 33.0. The SMILES string of the molecule is Cc1cccc(C(=O)C[n+]2ccncc2)c1.FC(F)(F)c1cc([B-](c2cc(C(F)(F)F)cc(C(F)(F)F)c2)(c2cc(C(F)(F)F)cc(C(F)(F)F)c2)c2cc(C(F)(F)F)cc(C(F)(F)F)c2)cc(C(F)(F)F)c1. The highest BCUT2D eigenvalue weighted by atomic mass is 19.4. The fourth-order valence-electron chi connectivity index (χ4n) is 7.60. The Bertz CT molecular complexity index is 2520. The number of ketones is 1. The molecule has 0 amide bonds. The van der Waals surface area contributed by atoms with E-state index in [1.165, 1.54) is 0 Å². The van der Waals surface area contributed by atoms with E-state index < -0.39 is 195 Å². The number of carbonyl (C=O) groups is 1. The van der Waals surface area contributed by atoms with Gasteiger partial charge in [0.1, 0.15) is 6.15 Å². The molecule has 0 saturated carbocycles. The number of alkyl halides is 24. The van der Waals surface area contributed by atoms with Crippen molar-refractivity contribution >= 4 is 33.8 Å². The summed E-state index contributed by atoms with van der Waals surface area (Å²) in [6.45, 7) is 2.34. The van der Waals surface area contributed by atoms with Gasteiger partial charge < -0.3 is 0 Å². The van der Waals surface area contributed by atoms with Crippen molar-refractivity contribution in [1.82, 2.24) is 4.98 Å². The van der Waals surface area contributed by atoms with Gasteiger partial charge in [-0.2, -0.15) is 132 Å². The Kier molecular flexibility index (Phi) is 15.3. The number of nitrogens with zero attached hydrogens (tertiary/aromatic N) is 2. The van der Waals surface area contributed by atoms with Crippen molar-refractivity contribution in [3.05, 3.63) is 177 Å². The maximum atomic E-state index is 14.2. The lowest BCUT2D eigenvalue weighted by Crippen LogP contribution is -2.75. The van der Waals surface area contributed by atoms with Crippen LogP contribution in [0.4, 0.5) is 105 Å². The van der Waals surface area contributed by atoms with E-state index in [1.807, 2.05) is 35.8 Å². The van der Waals surface area contributed by atoms with Crippen molar-refractivity contribution in [2.45, 2.75) is 62.9 Å². The van der Waals surface area contributed by atoms with Crippen LogP contribution in [0.5, 0.6) is 0 Å². The summed E-state index contributed by atoms with van der Waals surface area (Å²) >= 11 is 0. The molecule has 0 aliphatic carbocycles. The Morgan fingerprint density at radius 1 is 0.397 bits per heavy atom. The van der Waals surface area contributed by atoms with Gasteiger partial charge in [-0.3, -0.25) is 9.78 Å². The van der Waals surface area contributed by atoms with Crippen LogP contribution < -0.4 is 26.4 Å². The number of carbonyl (C=O) groups excluding carboxylic acids is 1. The van der Waals surface area contributed by atoms with E-state index in [2.05, 4.69) is 4.98 Å². The van der Waals surface area contributed by atoms with Gasteiger partial charge in [0.2, 0.25) is 12.3 Å². The Morgan fingerprint density at radius 3 is 0.863 bits per heavy atom. The number of hydrogen-bond acceptors (Lipinski definition) is 2. The fraction of sp³-hybridized carbons (Fsp3) is 0.222. The van der Waals surface area contributed by atoms with Crippen LogP contribution in [-0.4, -0.2) is 16.9 Å². The lowest BCUT2D eigenvalue weighted by molar-refractivity contribution is -0.683. The molecule has 5 aromatic carbocycles. The van der Waals surface area contributed by atoms with Gasteiger partial charge in [0.15, 0.2) is 12.4 Å². The molecule has 0 saturated heterocycles. The molecule has 1 aromatic heterocycles. The summed E-state index contributed by atoms with van der Waals surface area (Å²) in [4.78, 5) is 15.8. The molecule has 0 radical (unpaired) electrons. The van der Waals surface area contributed by atoms with Crippen LogP contribution in [0.15, 0.2) is 122 Å². The molecule has 0 aliphatic rings. The zero-order valence-electron chi connectivity index (χ0n) is 35.7. The fourth-order valence-corrected chi connectivity index (χ4v) is 7.60. The van der Waals surface area contributed by atoms with E-state index >= 15 is 0 Å². The van der Waals surface area contributed by atoms with Gasteiger partial charge >= 0.3 is 49.4 Å². The minimum atomic E-state index is -6.13. The molecule has 28 heteroatoms. The Morgan fingerprint density at radius 2 is 0.644 bits per heavy atom. The number of Topliss-reactive ketones (excluding diaryl/α,β-unsaturated/α-hetero) is 1. The molecule has 3 nitrogen and oxygen atoms in total. The standard InChI is InChI=1S/C32H12BF24.C13H13N2O/c34-25(35,36)13-1-14(26(37,38)39)6-21(5-13)33(22-7-15(27(40,41)42)2-16(8-22)28(43,44)45,23-9-17(29(46,47)48)3-18(10-23)30(49,50)51)24-11-19(31(52,53)54)4-20(12-24)32(55,56)57;1-11-3-2-4-12(9-11)13(16)10-15-7-5-14-6-8-15/h1-12H;2-9H,10H2,1H3/q-1;+1. The van der Waals surface area contributed by atoms with E-state index in [1.54, 1.807) is 24.8 Å². The summed E-state index contributed by atoms with van der Waals surface area (Å²) in [6.07, 6.45) is -47.9. The number of aryl methyl sites for hydroxylation is 1. The molecule has 392 valence electrons. The summed E-state index contributed by atoms with van der Waals surface area (Å²) in [5.74, 6) is 0.111. The van der Waals surface area contributed by atoms with E-state index in [-0.39, 0.29) is 5.78 Å². The number of hydrogen-bond donors (Lipinski definition) is 0. The lowest BCUT2D eigenvalue weighted by atomic mass is 9.12. The highest BCUT2D eigenvalue weighted by Gasteiger charge is 2.47. The molecule has 0 unspecified atom stereocenters. The van der Waals surface area contributed by atoms with Crippen molar-refractivity contribution in [2.75, 3.05) is 0 Å². The number of aromatic nitrogens is 2. The van der Waals surface area contributed by atoms with Crippen LogP contribution in [0.2, 0.25) is 0 Å². The van der Waals surface area contributed by atoms with Gasteiger partial charge in [-0.05, 0) is 37.3 Å². The predicted molar refractivity (Wildman–Crippen MR) is 210 cm³/mol. The van der Waals surface area contributed by atoms with Crippen molar-refractivity contribution in [3.8, 4) is 0 Å². The molecule has 0 aliphatic heterocycles. The number of rotatable bonds is 7. The maximum absolute atomic E-state index is 14.2. The quantitative estimate of drug-likeness (QED) is 0.0691. The van der Waals surface area contributed by atoms with Crippen molar-refractivity contribution in [3.63, 3.8) is 0 Å². The van der Waals surface area contributed by atoms with Gasteiger partial charge in [0, 0.05) is 5.56 Å². The lowest BCUT2D eigenvalue weighted by Gasteiger charge is -2.46. The Hall–Kier alpha value is -6.77. The molecule has 0 atom stereocenters. The van der Waals surface area contributed by atoms with Gasteiger partial charge in [0.05, 0.1) is 56.9 Å². The second kappa shape index (κ2) is 19.6. The normalized spacial score (nSPS) is 13.4. The molecule has 0 N–H and O–H groups in total. The van der Waals surface area contributed by atoms with Crippen LogP contribution in [0, 0.1) is 6.92 Å². The van der Waals surface area contributed by atoms with E-state index in [0.717, 1.165) is 11.1 Å². The zero-order chi connectivity index (χ0) is 55.3. The van der Waals surface area contributed by atoms with Crippen molar-refractivity contribution in [1.29, 1.82) is 0 Å². The number of halogens is 24. The minimum absolute atomic E-state index is 0.111. The molecular weight excluding hydrogens is 1050 g/mol. The summed E-state index contributed by atoms with van der Waals surface area (Å²) in [6, 6.07) is -1.17. The van der Waals surface area contributed by atoms with Gasteiger partial charge in [0.25, 0.3) is 0 Å². The second-order valence-corrected chi connectivity index (χ2v) is 15.9. The molecule has 0 spiro atoms. The smallest absolute Gasteiger partial charge is 0.287 e. The van der Waals surface area contributed by atoms with Crippen LogP contribution in [-0.2, 0) is 56.0 Å². The highest BCUT2D eigenvalue weighted by Crippen LogP contribution is 2.41. The molecule has 0 fully saturated rings. The zero-order valence-corrected chi connectivity index (χ0v) is 35.7. The Labute approximate surface area is 393 Å². The monoisotopic (exact) mass is 1080 g/mol. The second-order valence-electron chi connectivity index (χ2n) is 15.9. The minimum Gasteiger partial charge on any atom is -0.287 e. The summed E-state index contributed by atoms with van der Waals surface area (Å²) < 4.78 is 343. The third kappa shape index (κ3) is 13.5. The van der Waals surface area contributed by atoms with Gasteiger partial charge in [-0.25, -0.2) is 0 Å². The van der Waals surface area contributed by atoms with Crippen molar-refractivity contribution < 1.29 is 115 Å². The van der Waals surface area contributed by atoms with Crippen LogP contribution in [0.25, 0.3) is 0 Å². The van der Waals surface area contributed by atoms with Crippen LogP contribution >= 0.6 is 0 Å². The first kappa shape index (κ1) is 57.1. The molecule has 73 heavy (non-hydrogen) atoms. The maximum Gasteiger partial charge on any atom is 0.416 e. The summed E-state index contributed by atoms with van der Waals surface area (Å²) in [7, 11) is 0. The molecule has 0 bridgehead atoms. The van der Waals surface area contributed by atoms with Crippen molar-refractivity contribution in [2.24, 2.45) is 0 Å². The largest absolute Gasteiger partial charge is 0.416 e. The molecule has 1 heterocycles. The van der Waals surface area contributed by atoms with E-state index in [0.29, 0.717) is 6.54 Å². The Balaban J connectivity index is 0.000000520. The molecule has 6 rings (SSSR count). The summed E-state index contributed by atoms with van der Waals surface area (Å²) in [5.41, 5.74) is -28.3.